The van der Waals surface area contributed by atoms with Crippen molar-refractivity contribution in [2.75, 3.05) is 13.7 Å². The number of carbonyl (C=O) groups excluding carboxylic acids is 2. The number of amides is 1. The van der Waals surface area contributed by atoms with Crippen LogP contribution in [-0.4, -0.2) is 40.3 Å². The third kappa shape index (κ3) is 4.04. The molecule has 3 rings (SSSR count). The predicted octanol–water partition coefficient (Wildman–Crippen LogP) is 1.98. The minimum Gasteiger partial charge on any atom is -0.469 e. The van der Waals surface area contributed by atoms with Crippen LogP contribution in [0, 0.1) is 11.8 Å². The lowest BCUT2D eigenvalue weighted by atomic mass is 9.82. The van der Waals surface area contributed by atoms with E-state index in [4.69, 9.17) is 4.74 Å². The Morgan fingerprint density at radius 1 is 1.16 bits per heavy atom. The Morgan fingerprint density at radius 2 is 1.84 bits per heavy atom. The number of ether oxygens (including phenoxy) is 1. The maximum absolute atomic E-state index is 12.6. The van der Waals surface area contributed by atoms with Crippen LogP contribution in [0.25, 0.3) is 5.69 Å². The third-order valence-electron chi connectivity index (χ3n) is 4.78. The van der Waals surface area contributed by atoms with Crippen LogP contribution in [0.15, 0.2) is 36.9 Å². The summed E-state index contributed by atoms with van der Waals surface area (Å²) in [6, 6.07) is 7.36. The van der Waals surface area contributed by atoms with E-state index < -0.39 is 0 Å². The first kappa shape index (κ1) is 17.1. The summed E-state index contributed by atoms with van der Waals surface area (Å²) in [5, 5.41) is 10.6. The molecule has 0 radical (unpaired) electrons. The number of benzene rings is 1. The fraction of sp³-hybridized carbons (Fsp3) is 0.444. The Labute approximate surface area is 146 Å². The molecule has 1 aromatic carbocycles. The number of aromatic nitrogens is 3. The second-order valence-electron chi connectivity index (χ2n) is 6.34. The van der Waals surface area contributed by atoms with E-state index >= 15 is 0 Å². The van der Waals surface area contributed by atoms with E-state index in [0.717, 1.165) is 31.4 Å². The quantitative estimate of drug-likeness (QED) is 0.840. The Bertz CT molecular complexity index is 722. The molecule has 0 unspecified atom stereocenters. The van der Waals surface area contributed by atoms with Gasteiger partial charge in [0.1, 0.15) is 12.7 Å². The summed E-state index contributed by atoms with van der Waals surface area (Å²) in [5.41, 5.74) is 1.34. The highest BCUT2D eigenvalue weighted by atomic mass is 16.5. The second kappa shape index (κ2) is 7.92. The van der Waals surface area contributed by atoms with E-state index in [-0.39, 0.29) is 17.8 Å². The van der Waals surface area contributed by atoms with Crippen molar-refractivity contribution in [2.24, 2.45) is 11.8 Å². The summed E-state index contributed by atoms with van der Waals surface area (Å²) in [5.74, 6) is 0.170. The van der Waals surface area contributed by atoms with Crippen LogP contribution in [0.4, 0.5) is 0 Å². The number of nitrogens with zero attached hydrogens (tertiary/aromatic N) is 3. The molecule has 1 amide bonds. The van der Waals surface area contributed by atoms with E-state index in [1.165, 1.54) is 7.11 Å². The number of nitrogens with one attached hydrogen (secondary N) is 1. The molecule has 1 saturated carbocycles. The fourth-order valence-corrected chi connectivity index (χ4v) is 3.32. The second-order valence-corrected chi connectivity index (χ2v) is 6.34. The zero-order chi connectivity index (χ0) is 17.6. The Morgan fingerprint density at radius 3 is 2.52 bits per heavy atom. The predicted molar refractivity (Wildman–Crippen MR) is 91.2 cm³/mol. The molecule has 7 nitrogen and oxygen atoms in total. The van der Waals surface area contributed by atoms with Crippen LogP contribution in [0.5, 0.6) is 0 Å². The Hall–Kier alpha value is -2.70. The number of para-hydroxylation sites is 1. The molecular weight excluding hydrogens is 320 g/mol. The maximum atomic E-state index is 12.6. The minimum atomic E-state index is -0.120. The summed E-state index contributed by atoms with van der Waals surface area (Å²) in [6.45, 7) is 0.614. The van der Waals surface area contributed by atoms with Crippen LogP contribution in [0.1, 0.15) is 36.0 Å². The molecule has 1 heterocycles. The molecule has 1 fully saturated rings. The molecule has 1 N–H and O–H groups in total. The number of hydrogen-bond acceptors (Lipinski definition) is 5. The first-order valence-corrected chi connectivity index (χ1v) is 8.49. The zero-order valence-corrected chi connectivity index (χ0v) is 14.2. The lowest BCUT2D eigenvalue weighted by Gasteiger charge is -2.27. The van der Waals surface area contributed by atoms with Crippen molar-refractivity contribution < 1.29 is 14.3 Å². The van der Waals surface area contributed by atoms with Crippen LogP contribution >= 0.6 is 0 Å². The largest absolute Gasteiger partial charge is 0.469 e. The summed E-state index contributed by atoms with van der Waals surface area (Å²) < 4.78 is 6.53. The smallest absolute Gasteiger partial charge is 0.308 e. The first-order chi connectivity index (χ1) is 12.2. The van der Waals surface area contributed by atoms with Gasteiger partial charge < -0.3 is 10.1 Å². The van der Waals surface area contributed by atoms with Gasteiger partial charge in [0.2, 0.25) is 0 Å². The average molecular weight is 342 g/mol. The number of carbonyl (C=O) groups is 2. The minimum absolute atomic E-state index is 0.00594. The summed E-state index contributed by atoms with van der Waals surface area (Å²) in [4.78, 5) is 24.2. The normalized spacial score (nSPS) is 20.0. The van der Waals surface area contributed by atoms with Crippen LogP contribution in [0.2, 0.25) is 0 Å². The topological polar surface area (TPSA) is 86.1 Å². The molecule has 7 heteroatoms. The van der Waals surface area contributed by atoms with Gasteiger partial charge in [0.25, 0.3) is 5.91 Å². The first-order valence-electron chi connectivity index (χ1n) is 8.49. The van der Waals surface area contributed by atoms with Gasteiger partial charge in [-0.05, 0) is 43.7 Å². The van der Waals surface area contributed by atoms with Gasteiger partial charge in [-0.2, -0.15) is 0 Å². The van der Waals surface area contributed by atoms with E-state index in [2.05, 4.69) is 15.5 Å². The van der Waals surface area contributed by atoms with Crippen LogP contribution < -0.4 is 5.32 Å². The molecule has 132 valence electrons. The highest BCUT2D eigenvalue weighted by molar-refractivity contribution is 5.97. The number of esters is 1. The molecule has 1 aromatic heterocycles. The molecule has 2 aromatic rings. The Balaban J connectivity index is 1.57. The fourth-order valence-electron chi connectivity index (χ4n) is 3.32. The van der Waals surface area contributed by atoms with Crippen molar-refractivity contribution in [2.45, 2.75) is 25.7 Å². The number of rotatable bonds is 5. The monoisotopic (exact) mass is 342 g/mol. The van der Waals surface area contributed by atoms with Crippen molar-refractivity contribution in [1.29, 1.82) is 0 Å². The summed E-state index contributed by atoms with van der Waals surface area (Å²) >= 11 is 0. The van der Waals surface area contributed by atoms with Crippen molar-refractivity contribution in [1.82, 2.24) is 20.1 Å². The highest BCUT2D eigenvalue weighted by Gasteiger charge is 2.27. The molecule has 0 spiro atoms. The molecular formula is C18H22N4O3. The molecule has 0 atom stereocenters. The zero-order valence-electron chi connectivity index (χ0n) is 14.2. The summed E-state index contributed by atoms with van der Waals surface area (Å²) in [7, 11) is 1.43. The van der Waals surface area contributed by atoms with Gasteiger partial charge in [-0.1, -0.05) is 12.1 Å². The van der Waals surface area contributed by atoms with Crippen LogP contribution in [0.3, 0.4) is 0 Å². The van der Waals surface area contributed by atoms with E-state index in [1.807, 2.05) is 18.2 Å². The van der Waals surface area contributed by atoms with Gasteiger partial charge in [-0.25, -0.2) is 0 Å². The van der Waals surface area contributed by atoms with Gasteiger partial charge in [0.15, 0.2) is 0 Å². The van der Waals surface area contributed by atoms with Crippen molar-refractivity contribution >= 4 is 11.9 Å². The SMILES string of the molecule is COC(=O)C1CCC(CNC(=O)c2ccccc2-n2cnnc2)CC1. The van der Waals surface area contributed by atoms with Gasteiger partial charge in [0.05, 0.1) is 24.3 Å². The average Bonchev–Trinajstić information content (AvgIpc) is 3.20. The lowest BCUT2D eigenvalue weighted by molar-refractivity contribution is -0.146. The molecule has 0 saturated heterocycles. The molecule has 0 bridgehead atoms. The number of methoxy groups -OCH3 is 1. The van der Waals surface area contributed by atoms with E-state index in [9.17, 15) is 9.59 Å². The van der Waals surface area contributed by atoms with E-state index in [0.29, 0.717) is 18.0 Å². The van der Waals surface area contributed by atoms with Crippen LogP contribution in [-0.2, 0) is 9.53 Å². The van der Waals surface area contributed by atoms with Gasteiger partial charge >= 0.3 is 5.97 Å². The molecule has 25 heavy (non-hydrogen) atoms. The molecule has 1 aliphatic rings. The Kier molecular flexibility index (Phi) is 5.42. The summed E-state index contributed by atoms with van der Waals surface area (Å²) in [6.07, 6.45) is 6.63. The van der Waals surface area contributed by atoms with E-state index in [1.54, 1.807) is 23.3 Å². The molecule has 1 aliphatic carbocycles. The lowest BCUT2D eigenvalue weighted by Crippen LogP contribution is -2.33. The number of hydrogen-bond donors (Lipinski definition) is 1. The van der Waals surface area contributed by atoms with Gasteiger partial charge in [-0.3, -0.25) is 14.2 Å². The highest BCUT2D eigenvalue weighted by Crippen LogP contribution is 2.29. The maximum Gasteiger partial charge on any atom is 0.308 e. The van der Waals surface area contributed by atoms with Crippen molar-refractivity contribution in [3.63, 3.8) is 0 Å². The standard InChI is InChI=1S/C18H22N4O3/c1-25-18(24)14-8-6-13(7-9-14)10-19-17(23)15-4-2-3-5-16(15)22-11-20-21-12-22/h2-5,11-14H,6-10H2,1H3,(H,19,23). The van der Waals surface area contributed by atoms with Crippen molar-refractivity contribution in [3.8, 4) is 5.69 Å². The molecule has 0 aliphatic heterocycles. The van der Waals surface area contributed by atoms with Gasteiger partial charge in [0, 0.05) is 6.54 Å². The van der Waals surface area contributed by atoms with Crippen molar-refractivity contribution in [3.05, 3.63) is 42.5 Å². The third-order valence-corrected chi connectivity index (χ3v) is 4.78. The van der Waals surface area contributed by atoms with Gasteiger partial charge in [-0.15, -0.1) is 10.2 Å².